The van der Waals surface area contributed by atoms with Crippen LogP contribution in [0.15, 0.2) is 48.5 Å². The smallest absolute Gasteiger partial charge is 0.339 e. The molecule has 6 nitrogen and oxygen atoms in total. The van der Waals surface area contributed by atoms with Gasteiger partial charge in [-0.15, -0.1) is 0 Å². The molecule has 2 heterocycles. The number of rotatable bonds is 3. The summed E-state index contributed by atoms with van der Waals surface area (Å²) in [4.78, 5) is 26.8. The molecule has 2 aromatic carbocycles. The molecule has 2 aromatic rings. The van der Waals surface area contributed by atoms with Gasteiger partial charge in [-0.05, 0) is 35.9 Å². The third-order valence-corrected chi connectivity index (χ3v) is 4.70. The van der Waals surface area contributed by atoms with Crippen LogP contribution in [0.3, 0.4) is 0 Å². The van der Waals surface area contributed by atoms with Crippen molar-refractivity contribution in [1.82, 2.24) is 0 Å². The highest BCUT2D eigenvalue weighted by Crippen LogP contribution is 2.23. The lowest BCUT2D eigenvalue weighted by Gasteiger charge is -2.29. The average molecular weight is 352 g/mol. The maximum Gasteiger partial charge on any atom is 0.339 e. The Morgan fingerprint density at radius 2 is 1.77 bits per heavy atom. The topological polar surface area (TPSA) is 67.9 Å². The van der Waals surface area contributed by atoms with Crippen molar-refractivity contribution in [3.8, 4) is 0 Å². The number of benzene rings is 2. The van der Waals surface area contributed by atoms with Crippen LogP contribution in [-0.2, 0) is 20.7 Å². The molecule has 134 valence electrons. The van der Waals surface area contributed by atoms with Crippen molar-refractivity contribution in [2.24, 2.45) is 0 Å². The molecular weight excluding hydrogens is 332 g/mol. The van der Waals surface area contributed by atoms with Crippen molar-refractivity contribution >= 4 is 23.3 Å². The van der Waals surface area contributed by atoms with Crippen LogP contribution in [0.25, 0.3) is 0 Å². The second kappa shape index (κ2) is 7.17. The molecule has 0 aromatic heterocycles. The lowest BCUT2D eigenvalue weighted by Crippen LogP contribution is -2.38. The van der Waals surface area contributed by atoms with Gasteiger partial charge in [-0.3, -0.25) is 4.79 Å². The summed E-state index contributed by atoms with van der Waals surface area (Å²) in [7, 11) is 0. The van der Waals surface area contributed by atoms with Gasteiger partial charge in [0.25, 0.3) is 5.91 Å². The Bertz CT molecular complexity index is 813. The number of nitrogens with one attached hydrogen (secondary N) is 1. The van der Waals surface area contributed by atoms with E-state index in [0.717, 1.165) is 37.6 Å². The molecule has 1 atom stereocenters. The minimum atomic E-state index is -0.809. The number of carbonyl (C=O) groups is 2. The van der Waals surface area contributed by atoms with Gasteiger partial charge in [-0.25, -0.2) is 4.79 Å². The van der Waals surface area contributed by atoms with Gasteiger partial charge in [0.05, 0.1) is 18.8 Å². The Hall–Kier alpha value is -2.86. The third-order valence-electron chi connectivity index (χ3n) is 4.70. The molecule has 2 aliphatic heterocycles. The standard InChI is InChI=1S/C20H20N2O4/c23-19(18-13-14-3-1-2-4-17(14)20(24)26-18)21-15-5-7-16(8-6-15)22-9-11-25-12-10-22/h1-8,18H,9-13H2,(H,21,23). The normalized spacial score (nSPS) is 19.5. The van der Waals surface area contributed by atoms with E-state index in [2.05, 4.69) is 10.2 Å². The molecule has 0 aliphatic carbocycles. The number of ether oxygens (including phenoxy) is 2. The van der Waals surface area contributed by atoms with Crippen LogP contribution in [0.2, 0.25) is 0 Å². The second-order valence-corrected chi connectivity index (χ2v) is 6.39. The summed E-state index contributed by atoms with van der Waals surface area (Å²) in [6, 6.07) is 14.9. The predicted octanol–water partition coefficient (Wildman–Crippen LogP) is 2.24. The van der Waals surface area contributed by atoms with Crippen LogP contribution in [0.1, 0.15) is 15.9 Å². The fourth-order valence-electron chi connectivity index (χ4n) is 3.28. The number of cyclic esters (lactones) is 1. The largest absolute Gasteiger partial charge is 0.448 e. The first-order chi connectivity index (χ1) is 12.7. The van der Waals surface area contributed by atoms with Crippen LogP contribution in [0.5, 0.6) is 0 Å². The minimum absolute atomic E-state index is 0.313. The molecule has 2 aliphatic rings. The highest BCUT2D eigenvalue weighted by molar-refractivity contribution is 6.00. The van der Waals surface area contributed by atoms with E-state index in [1.165, 1.54) is 0 Å². The van der Waals surface area contributed by atoms with E-state index in [0.29, 0.717) is 17.7 Å². The summed E-state index contributed by atoms with van der Waals surface area (Å²) in [6.07, 6.45) is -0.420. The van der Waals surface area contributed by atoms with Crippen molar-refractivity contribution in [3.63, 3.8) is 0 Å². The fourth-order valence-corrected chi connectivity index (χ4v) is 3.28. The highest BCUT2D eigenvalue weighted by atomic mass is 16.5. The van der Waals surface area contributed by atoms with Gasteiger partial charge in [-0.1, -0.05) is 18.2 Å². The molecule has 4 rings (SSSR count). The first kappa shape index (κ1) is 16.6. The molecule has 0 radical (unpaired) electrons. The van der Waals surface area contributed by atoms with Crippen LogP contribution in [0, 0.1) is 0 Å². The Morgan fingerprint density at radius 3 is 2.54 bits per heavy atom. The minimum Gasteiger partial charge on any atom is -0.448 e. The number of fused-ring (bicyclic) bond motifs is 1. The van der Waals surface area contributed by atoms with Gasteiger partial charge in [-0.2, -0.15) is 0 Å². The zero-order chi connectivity index (χ0) is 17.9. The Labute approximate surface area is 151 Å². The first-order valence-corrected chi connectivity index (χ1v) is 8.73. The number of hydrogen-bond donors (Lipinski definition) is 1. The molecule has 26 heavy (non-hydrogen) atoms. The lowest BCUT2D eigenvalue weighted by molar-refractivity contribution is -0.125. The molecule has 1 N–H and O–H groups in total. The molecule has 0 saturated carbocycles. The second-order valence-electron chi connectivity index (χ2n) is 6.39. The molecular formula is C20H20N2O4. The summed E-state index contributed by atoms with van der Waals surface area (Å²) in [5.74, 6) is -0.762. The van der Waals surface area contributed by atoms with E-state index in [4.69, 9.17) is 9.47 Å². The number of carbonyl (C=O) groups excluding carboxylic acids is 2. The number of hydrogen-bond acceptors (Lipinski definition) is 5. The summed E-state index contributed by atoms with van der Waals surface area (Å²) in [5, 5.41) is 2.83. The maximum absolute atomic E-state index is 12.5. The van der Waals surface area contributed by atoms with Crippen LogP contribution >= 0.6 is 0 Å². The maximum atomic E-state index is 12.5. The van der Waals surface area contributed by atoms with Gasteiger partial charge in [0.15, 0.2) is 6.10 Å². The van der Waals surface area contributed by atoms with Crippen molar-refractivity contribution < 1.29 is 19.1 Å². The van der Waals surface area contributed by atoms with Crippen molar-refractivity contribution in [3.05, 3.63) is 59.7 Å². The molecule has 6 heteroatoms. The molecule has 1 unspecified atom stereocenters. The highest BCUT2D eigenvalue weighted by Gasteiger charge is 2.31. The van der Waals surface area contributed by atoms with E-state index >= 15 is 0 Å². The van der Waals surface area contributed by atoms with Gasteiger partial charge >= 0.3 is 5.97 Å². The number of morpholine rings is 1. The first-order valence-electron chi connectivity index (χ1n) is 8.73. The zero-order valence-electron chi connectivity index (χ0n) is 14.3. The number of amides is 1. The summed E-state index contributed by atoms with van der Waals surface area (Å²) in [6.45, 7) is 3.19. The van der Waals surface area contributed by atoms with E-state index in [-0.39, 0.29) is 5.91 Å². The molecule has 1 amide bonds. The van der Waals surface area contributed by atoms with E-state index in [1.807, 2.05) is 36.4 Å². The number of anilines is 2. The monoisotopic (exact) mass is 352 g/mol. The van der Waals surface area contributed by atoms with Crippen LogP contribution < -0.4 is 10.2 Å². The Kier molecular flexibility index (Phi) is 4.58. The van der Waals surface area contributed by atoms with Gasteiger partial charge < -0.3 is 19.7 Å². The SMILES string of the molecule is O=C1OC(C(=O)Nc2ccc(N3CCOCC3)cc2)Cc2ccccc21. The van der Waals surface area contributed by atoms with E-state index in [9.17, 15) is 9.59 Å². The third kappa shape index (κ3) is 3.41. The number of nitrogens with zero attached hydrogens (tertiary/aromatic N) is 1. The Balaban J connectivity index is 1.41. The van der Waals surface area contributed by atoms with Crippen LogP contribution in [-0.4, -0.2) is 44.3 Å². The van der Waals surface area contributed by atoms with Gasteiger partial charge in [0, 0.05) is 30.9 Å². The van der Waals surface area contributed by atoms with E-state index < -0.39 is 12.1 Å². The predicted molar refractivity (Wildman–Crippen MR) is 97.5 cm³/mol. The van der Waals surface area contributed by atoms with Gasteiger partial charge in [0.1, 0.15) is 0 Å². The summed E-state index contributed by atoms with van der Waals surface area (Å²) < 4.78 is 10.7. The molecule has 0 spiro atoms. The average Bonchev–Trinajstić information content (AvgIpc) is 2.69. The fraction of sp³-hybridized carbons (Fsp3) is 0.300. The molecule has 0 bridgehead atoms. The van der Waals surface area contributed by atoms with E-state index in [1.54, 1.807) is 12.1 Å². The molecule has 1 fully saturated rings. The zero-order valence-corrected chi connectivity index (χ0v) is 14.3. The van der Waals surface area contributed by atoms with Gasteiger partial charge in [0.2, 0.25) is 0 Å². The van der Waals surface area contributed by atoms with Crippen molar-refractivity contribution in [2.75, 3.05) is 36.5 Å². The molecule has 1 saturated heterocycles. The summed E-state index contributed by atoms with van der Waals surface area (Å²) in [5.41, 5.74) is 3.16. The quantitative estimate of drug-likeness (QED) is 0.858. The van der Waals surface area contributed by atoms with Crippen LogP contribution in [0.4, 0.5) is 11.4 Å². The lowest BCUT2D eigenvalue weighted by atomic mass is 9.98. The summed E-state index contributed by atoms with van der Waals surface area (Å²) >= 11 is 0. The van der Waals surface area contributed by atoms with Crippen molar-refractivity contribution in [2.45, 2.75) is 12.5 Å². The van der Waals surface area contributed by atoms with Crippen molar-refractivity contribution in [1.29, 1.82) is 0 Å². The Morgan fingerprint density at radius 1 is 1.04 bits per heavy atom. The number of esters is 1.